The summed E-state index contributed by atoms with van der Waals surface area (Å²) in [5.41, 5.74) is 1.55. The second kappa shape index (κ2) is 27.7. The zero-order valence-corrected chi connectivity index (χ0v) is 21.6. The maximum atomic E-state index is 4.45. The lowest BCUT2D eigenvalue weighted by atomic mass is 9.87. The van der Waals surface area contributed by atoms with Gasteiger partial charge in [0.25, 0.3) is 0 Å². The Hall–Kier alpha value is -0.260. The van der Waals surface area contributed by atoms with Crippen LogP contribution in [0.2, 0.25) is 0 Å². The minimum absolute atomic E-state index is 0.922. The van der Waals surface area contributed by atoms with Crippen molar-refractivity contribution in [3.8, 4) is 0 Å². The Morgan fingerprint density at radius 2 is 0.862 bits per heavy atom. The fourth-order valence-corrected chi connectivity index (χ4v) is 4.26. The molecule has 0 unspecified atom stereocenters. The molecule has 0 aromatic rings. The van der Waals surface area contributed by atoms with E-state index in [1.54, 1.807) is 5.57 Å². The molecule has 0 fully saturated rings. The maximum Gasteiger partial charge on any atom is -0.0294 e. The lowest BCUT2D eigenvalue weighted by molar-refractivity contribution is 0.396. The normalized spacial score (nSPS) is 10.8. The van der Waals surface area contributed by atoms with E-state index < -0.39 is 0 Å². The van der Waals surface area contributed by atoms with E-state index in [1.807, 2.05) is 13.8 Å². The highest BCUT2D eigenvalue weighted by Gasteiger charge is 2.10. The molecule has 0 aliphatic carbocycles. The van der Waals surface area contributed by atoms with Crippen LogP contribution < -0.4 is 0 Å². The molecule has 29 heavy (non-hydrogen) atoms. The third kappa shape index (κ3) is 25.7. The van der Waals surface area contributed by atoms with Gasteiger partial charge in [0.1, 0.15) is 0 Å². The van der Waals surface area contributed by atoms with Crippen molar-refractivity contribution in [2.24, 2.45) is 5.92 Å². The van der Waals surface area contributed by atoms with Crippen LogP contribution in [-0.2, 0) is 0 Å². The monoisotopic (exact) mass is 408 g/mol. The zero-order chi connectivity index (χ0) is 22.0. The standard InChI is InChI=1S/C27H54.C2H6/c1-5-8-11-14-17-20-23-27(24-21-18-15-12-9-6-2)25-26(4)22-19-16-13-10-7-3;1-2/h27H,4-25H2,1-3H3;1-2H3. The highest BCUT2D eigenvalue weighted by Crippen LogP contribution is 2.27. The first-order chi connectivity index (χ1) is 14.2. The topological polar surface area (TPSA) is 0 Å². The molecule has 0 rings (SSSR count). The summed E-state index contributed by atoms with van der Waals surface area (Å²) in [6.45, 7) is 15.4. The van der Waals surface area contributed by atoms with Gasteiger partial charge in [0.15, 0.2) is 0 Å². The lowest BCUT2D eigenvalue weighted by Crippen LogP contribution is -2.03. The van der Waals surface area contributed by atoms with Crippen molar-refractivity contribution in [2.75, 3.05) is 0 Å². The summed E-state index contributed by atoms with van der Waals surface area (Å²) >= 11 is 0. The van der Waals surface area contributed by atoms with Gasteiger partial charge in [0, 0.05) is 0 Å². The van der Waals surface area contributed by atoms with Crippen LogP contribution in [0.3, 0.4) is 0 Å². The predicted molar refractivity (Wildman–Crippen MR) is 138 cm³/mol. The largest absolute Gasteiger partial charge is 0.0999 e. The Morgan fingerprint density at radius 1 is 0.517 bits per heavy atom. The van der Waals surface area contributed by atoms with E-state index >= 15 is 0 Å². The number of allylic oxidation sites excluding steroid dienone is 1. The highest BCUT2D eigenvalue weighted by molar-refractivity contribution is 4.95. The Kier molecular flexibility index (Phi) is 29.6. The fraction of sp³-hybridized carbons (Fsp3) is 0.931. The van der Waals surface area contributed by atoms with Gasteiger partial charge in [-0.2, -0.15) is 0 Å². The molecule has 176 valence electrons. The van der Waals surface area contributed by atoms with E-state index in [0.717, 1.165) is 5.92 Å². The van der Waals surface area contributed by atoms with E-state index in [2.05, 4.69) is 27.4 Å². The van der Waals surface area contributed by atoms with Gasteiger partial charge in [0.2, 0.25) is 0 Å². The van der Waals surface area contributed by atoms with Crippen LogP contribution in [0.25, 0.3) is 0 Å². The van der Waals surface area contributed by atoms with Crippen LogP contribution >= 0.6 is 0 Å². The summed E-state index contributed by atoms with van der Waals surface area (Å²) < 4.78 is 0. The van der Waals surface area contributed by atoms with Gasteiger partial charge < -0.3 is 0 Å². The third-order valence-electron chi connectivity index (χ3n) is 6.14. The van der Waals surface area contributed by atoms with Gasteiger partial charge in [-0.15, -0.1) is 0 Å². The Balaban J connectivity index is 0. The molecule has 0 aliphatic rings. The Morgan fingerprint density at radius 3 is 1.28 bits per heavy atom. The van der Waals surface area contributed by atoms with Crippen LogP contribution in [0.15, 0.2) is 12.2 Å². The molecule has 0 spiro atoms. The van der Waals surface area contributed by atoms with E-state index in [9.17, 15) is 0 Å². The predicted octanol–water partition coefficient (Wildman–Crippen LogP) is 11.4. The quantitative estimate of drug-likeness (QED) is 0.123. The number of rotatable bonds is 22. The van der Waals surface area contributed by atoms with Crippen molar-refractivity contribution in [2.45, 2.75) is 169 Å². The molecule has 0 N–H and O–H groups in total. The molecule has 0 saturated heterocycles. The summed E-state index contributed by atoms with van der Waals surface area (Å²) in [6, 6.07) is 0. The van der Waals surface area contributed by atoms with Crippen molar-refractivity contribution in [3.63, 3.8) is 0 Å². The molecule has 0 atom stereocenters. The molecule has 0 nitrogen and oxygen atoms in total. The fourth-order valence-electron chi connectivity index (χ4n) is 4.26. The molecule has 0 heteroatoms. The SMILES string of the molecule is C=C(CCCCCCC)CC(CCCCCCCC)CCCCCCCC.CC. The van der Waals surface area contributed by atoms with E-state index in [-0.39, 0.29) is 0 Å². The Labute approximate surface area is 187 Å². The number of hydrogen-bond donors (Lipinski definition) is 0. The number of hydrogen-bond acceptors (Lipinski definition) is 0. The molecule has 0 saturated carbocycles. The molecule has 0 aromatic carbocycles. The smallest absolute Gasteiger partial charge is 0.0294 e. The third-order valence-corrected chi connectivity index (χ3v) is 6.14. The first-order valence-electron chi connectivity index (χ1n) is 13.9. The maximum absolute atomic E-state index is 4.45. The first-order valence-corrected chi connectivity index (χ1v) is 13.9. The van der Waals surface area contributed by atoms with Gasteiger partial charge in [-0.3, -0.25) is 0 Å². The zero-order valence-electron chi connectivity index (χ0n) is 21.6. The van der Waals surface area contributed by atoms with Crippen LogP contribution in [0.5, 0.6) is 0 Å². The first kappa shape index (κ1) is 30.9. The van der Waals surface area contributed by atoms with Gasteiger partial charge in [-0.05, 0) is 25.2 Å². The van der Waals surface area contributed by atoms with Crippen LogP contribution in [0.4, 0.5) is 0 Å². The Bertz CT molecular complexity index is 274. The van der Waals surface area contributed by atoms with Gasteiger partial charge in [-0.25, -0.2) is 0 Å². The highest BCUT2D eigenvalue weighted by atomic mass is 14.2. The van der Waals surface area contributed by atoms with Crippen LogP contribution in [0, 0.1) is 5.92 Å². The number of unbranched alkanes of at least 4 members (excludes halogenated alkanes) is 14. The minimum atomic E-state index is 0.922. The molecule has 0 aromatic heterocycles. The molecule has 0 aliphatic heterocycles. The average molecular weight is 409 g/mol. The van der Waals surface area contributed by atoms with Crippen molar-refractivity contribution < 1.29 is 0 Å². The van der Waals surface area contributed by atoms with Gasteiger partial charge in [-0.1, -0.05) is 162 Å². The summed E-state index contributed by atoms with van der Waals surface area (Å²) in [7, 11) is 0. The molecular formula is C29H60. The van der Waals surface area contributed by atoms with E-state index in [4.69, 9.17) is 0 Å². The van der Waals surface area contributed by atoms with Crippen LogP contribution in [-0.4, -0.2) is 0 Å². The van der Waals surface area contributed by atoms with E-state index in [0.29, 0.717) is 0 Å². The summed E-state index contributed by atoms with van der Waals surface area (Å²) in [5, 5.41) is 0. The lowest BCUT2D eigenvalue weighted by Gasteiger charge is -2.18. The summed E-state index contributed by atoms with van der Waals surface area (Å²) in [4.78, 5) is 0. The average Bonchev–Trinajstić information content (AvgIpc) is 2.74. The van der Waals surface area contributed by atoms with Gasteiger partial charge >= 0.3 is 0 Å². The van der Waals surface area contributed by atoms with Crippen molar-refractivity contribution in [3.05, 3.63) is 12.2 Å². The van der Waals surface area contributed by atoms with Gasteiger partial charge in [0.05, 0.1) is 0 Å². The second-order valence-electron chi connectivity index (χ2n) is 9.10. The molecule has 0 heterocycles. The van der Waals surface area contributed by atoms with Crippen molar-refractivity contribution in [1.29, 1.82) is 0 Å². The summed E-state index contributed by atoms with van der Waals surface area (Å²) in [6.07, 6.45) is 29.7. The molecule has 0 amide bonds. The molecule has 0 radical (unpaired) electrons. The van der Waals surface area contributed by atoms with Crippen LogP contribution in [0.1, 0.15) is 169 Å². The minimum Gasteiger partial charge on any atom is -0.0999 e. The van der Waals surface area contributed by atoms with Crippen molar-refractivity contribution in [1.82, 2.24) is 0 Å². The van der Waals surface area contributed by atoms with E-state index in [1.165, 1.54) is 135 Å². The van der Waals surface area contributed by atoms with Crippen molar-refractivity contribution >= 4 is 0 Å². The summed E-state index contributed by atoms with van der Waals surface area (Å²) in [5.74, 6) is 0.922. The molecular weight excluding hydrogens is 348 g/mol. The molecule has 0 bridgehead atoms. The second-order valence-corrected chi connectivity index (χ2v) is 9.10.